The van der Waals surface area contributed by atoms with Gasteiger partial charge < -0.3 is 10.1 Å². The first-order valence-electron chi connectivity index (χ1n) is 6.56. The number of halogens is 1. The molecule has 1 N–H and O–H groups in total. The molecule has 2 rings (SSSR count). The Hall–Kier alpha value is -1.58. The average molecular weight is 332 g/mol. The summed E-state index contributed by atoms with van der Waals surface area (Å²) in [5, 5.41) is 3.30. The maximum atomic E-state index is 5.92. The predicted octanol–water partition coefficient (Wildman–Crippen LogP) is 4.30. The van der Waals surface area contributed by atoms with Crippen LogP contribution in [0.5, 0.6) is 5.75 Å². The summed E-state index contributed by atoms with van der Waals surface area (Å²) in [7, 11) is 0. The van der Waals surface area contributed by atoms with E-state index in [-0.39, 0.29) is 0 Å². The monoisotopic (exact) mass is 331 g/mol. The molecule has 0 spiro atoms. The third-order valence-corrected chi connectivity index (χ3v) is 3.36. The molecule has 0 aromatic heterocycles. The van der Waals surface area contributed by atoms with Gasteiger partial charge in [0.1, 0.15) is 12.4 Å². The van der Waals surface area contributed by atoms with E-state index in [0.29, 0.717) is 6.61 Å². The Bertz CT molecular complexity index is 554. The van der Waals surface area contributed by atoms with Crippen molar-refractivity contribution in [1.29, 1.82) is 0 Å². The summed E-state index contributed by atoms with van der Waals surface area (Å²) < 4.78 is 6.98. The highest BCUT2D eigenvalue weighted by molar-refractivity contribution is 9.10. The second-order valence-electron chi connectivity index (χ2n) is 4.45. The fourth-order valence-electron chi connectivity index (χ4n) is 1.87. The Morgan fingerprint density at radius 1 is 1.15 bits per heavy atom. The van der Waals surface area contributed by atoms with Crippen LogP contribution in [0.25, 0.3) is 0 Å². The summed E-state index contributed by atoms with van der Waals surface area (Å²) in [6.45, 7) is 5.83. The van der Waals surface area contributed by atoms with Gasteiger partial charge in [-0.15, -0.1) is 6.58 Å². The van der Waals surface area contributed by atoms with E-state index in [0.717, 1.165) is 28.9 Å². The Kier molecular flexibility index (Phi) is 5.84. The van der Waals surface area contributed by atoms with Crippen LogP contribution in [0.15, 0.2) is 65.7 Å². The van der Waals surface area contributed by atoms with E-state index in [2.05, 4.69) is 46.0 Å². The van der Waals surface area contributed by atoms with Gasteiger partial charge in [-0.25, -0.2) is 0 Å². The topological polar surface area (TPSA) is 21.3 Å². The van der Waals surface area contributed by atoms with Crippen molar-refractivity contribution in [3.05, 3.63) is 76.8 Å². The Morgan fingerprint density at radius 2 is 1.95 bits per heavy atom. The fourth-order valence-corrected chi connectivity index (χ4v) is 2.28. The molecule has 2 aromatic rings. The van der Waals surface area contributed by atoms with Crippen LogP contribution in [0.2, 0.25) is 0 Å². The maximum absolute atomic E-state index is 5.92. The maximum Gasteiger partial charge on any atom is 0.124 e. The lowest BCUT2D eigenvalue weighted by molar-refractivity contribution is 0.302. The van der Waals surface area contributed by atoms with Crippen LogP contribution in [0.3, 0.4) is 0 Å². The molecule has 0 aliphatic carbocycles. The van der Waals surface area contributed by atoms with E-state index in [1.807, 2.05) is 36.4 Å². The highest BCUT2D eigenvalue weighted by atomic mass is 79.9. The molecule has 20 heavy (non-hydrogen) atoms. The van der Waals surface area contributed by atoms with Gasteiger partial charge in [0.25, 0.3) is 0 Å². The Labute approximate surface area is 128 Å². The van der Waals surface area contributed by atoms with Crippen LogP contribution >= 0.6 is 15.9 Å². The minimum absolute atomic E-state index is 0.580. The molecule has 0 heterocycles. The molecule has 0 atom stereocenters. The largest absolute Gasteiger partial charge is 0.489 e. The number of hydrogen-bond donors (Lipinski definition) is 1. The number of benzene rings is 2. The zero-order valence-corrected chi connectivity index (χ0v) is 12.9. The fraction of sp³-hybridized carbons (Fsp3) is 0.176. The molecule has 0 saturated carbocycles. The normalized spacial score (nSPS) is 10.2. The summed E-state index contributed by atoms with van der Waals surface area (Å²) in [6.07, 6.45) is 1.85. The van der Waals surface area contributed by atoms with Gasteiger partial charge in [0, 0.05) is 23.1 Å². The lowest BCUT2D eigenvalue weighted by Crippen LogP contribution is -2.13. The predicted molar refractivity (Wildman–Crippen MR) is 86.8 cm³/mol. The van der Waals surface area contributed by atoms with Gasteiger partial charge in [-0.1, -0.05) is 52.3 Å². The molecule has 0 fully saturated rings. The summed E-state index contributed by atoms with van der Waals surface area (Å²) in [5.41, 5.74) is 2.30. The summed E-state index contributed by atoms with van der Waals surface area (Å²) in [6, 6.07) is 16.3. The van der Waals surface area contributed by atoms with Crippen molar-refractivity contribution in [3.63, 3.8) is 0 Å². The molecule has 0 saturated heterocycles. The molecule has 0 aliphatic heterocycles. The van der Waals surface area contributed by atoms with Crippen LogP contribution in [0.1, 0.15) is 11.1 Å². The molecule has 2 aromatic carbocycles. The third-order valence-electron chi connectivity index (χ3n) is 2.86. The highest BCUT2D eigenvalue weighted by Crippen LogP contribution is 2.24. The van der Waals surface area contributed by atoms with E-state index in [1.165, 1.54) is 5.56 Å². The Balaban J connectivity index is 2.04. The van der Waals surface area contributed by atoms with E-state index < -0.39 is 0 Å². The van der Waals surface area contributed by atoms with Crippen LogP contribution in [-0.4, -0.2) is 6.54 Å². The van der Waals surface area contributed by atoms with Gasteiger partial charge in [0.05, 0.1) is 0 Å². The third kappa shape index (κ3) is 4.51. The van der Waals surface area contributed by atoms with Gasteiger partial charge >= 0.3 is 0 Å². The molecule has 2 nitrogen and oxygen atoms in total. The van der Waals surface area contributed by atoms with Gasteiger partial charge in [-0.05, 0) is 23.8 Å². The minimum Gasteiger partial charge on any atom is -0.489 e. The quantitative estimate of drug-likeness (QED) is 0.603. The van der Waals surface area contributed by atoms with Gasteiger partial charge in [0.2, 0.25) is 0 Å². The first kappa shape index (κ1) is 14.8. The summed E-state index contributed by atoms with van der Waals surface area (Å²) in [4.78, 5) is 0. The van der Waals surface area contributed by atoms with Gasteiger partial charge in [-0.3, -0.25) is 0 Å². The van der Waals surface area contributed by atoms with Crippen molar-refractivity contribution < 1.29 is 4.74 Å². The first-order valence-corrected chi connectivity index (χ1v) is 7.35. The van der Waals surface area contributed by atoms with E-state index in [4.69, 9.17) is 4.74 Å². The van der Waals surface area contributed by atoms with E-state index in [1.54, 1.807) is 0 Å². The van der Waals surface area contributed by atoms with Crippen LogP contribution in [0, 0.1) is 0 Å². The average Bonchev–Trinajstić information content (AvgIpc) is 2.48. The van der Waals surface area contributed by atoms with Crippen LogP contribution in [0.4, 0.5) is 0 Å². The molecule has 0 unspecified atom stereocenters. The first-order chi connectivity index (χ1) is 9.79. The zero-order chi connectivity index (χ0) is 14.2. The molecule has 0 radical (unpaired) electrons. The molecular weight excluding hydrogens is 314 g/mol. The van der Waals surface area contributed by atoms with Gasteiger partial charge in [-0.2, -0.15) is 0 Å². The number of nitrogens with one attached hydrogen (secondary N) is 1. The lowest BCUT2D eigenvalue weighted by atomic mass is 10.2. The second-order valence-corrected chi connectivity index (χ2v) is 5.36. The zero-order valence-electron chi connectivity index (χ0n) is 11.3. The van der Waals surface area contributed by atoms with Gasteiger partial charge in [0.15, 0.2) is 0 Å². The summed E-state index contributed by atoms with van der Waals surface area (Å²) in [5.74, 6) is 0.911. The second kappa shape index (κ2) is 7.88. The Morgan fingerprint density at radius 3 is 2.70 bits per heavy atom. The summed E-state index contributed by atoms with van der Waals surface area (Å²) >= 11 is 3.50. The van der Waals surface area contributed by atoms with Crippen molar-refractivity contribution >= 4 is 15.9 Å². The molecule has 3 heteroatoms. The van der Waals surface area contributed by atoms with Crippen LogP contribution in [-0.2, 0) is 13.2 Å². The number of ether oxygens (including phenoxy) is 1. The van der Waals surface area contributed by atoms with Crippen LogP contribution < -0.4 is 10.1 Å². The smallest absolute Gasteiger partial charge is 0.124 e. The van der Waals surface area contributed by atoms with Crippen molar-refractivity contribution in [2.75, 3.05) is 6.54 Å². The van der Waals surface area contributed by atoms with Crippen molar-refractivity contribution in [2.45, 2.75) is 13.2 Å². The molecule has 104 valence electrons. The standard InChI is InChI=1S/C17H18BrNO/c1-2-10-19-12-15-11-16(18)8-9-17(15)20-13-14-6-4-3-5-7-14/h2-9,11,19H,1,10,12-13H2. The lowest BCUT2D eigenvalue weighted by Gasteiger charge is -2.12. The van der Waals surface area contributed by atoms with E-state index >= 15 is 0 Å². The molecule has 0 amide bonds. The number of rotatable bonds is 7. The van der Waals surface area contributed by atoms with E-state index in [9.17, 15) is 0 Å². The molecular formula is C17H18BrNO. The number of hydrogen-bond acceptors (Lipinski definition) is 2. The molecule has 0 bridgehead atoms. The van der Waals surface area contributed by atoms with Crippen molar-refractivity contribution in [1.82, 2.24) is 5.32 Å². The SMILES string of the molecule is C=CCNCc1cc(Br)ccc1OCc1ccccc1. The highest BCUT2D eigenvalue weighted by Gasteiger charge is 2.04. The molecule has 0 aliphatic rings. The van der Waals surface area contributed by atoms with Crippen molar-refractivity contribution in [2.24, 2.45) is 0 Å². The minimum atomic E-state index is 0.580. The van der Waals surface area contributed by atoms with Crippen molar-refractivity contribution in [3.8, 4) is 5.75 Å².